The number of halogens is 5. The van der Waals surface area contributed by atoms with E-state index in [9.17, 15) is 26.7 Å². The van der Waals surface area contributed by atoms with Crippen LogP contribution in [0.25, 0.3) is 0 Å². The number of benzene rings is 2. The quantitative estimate of drug-likeness (QED) is 0.190. The highest BCUT2D eigenvalue weighted by Crippen LogP contribution is 2.40. The van der Waals surface area contributed by atoms with Gasteiger partial charge < -0.3 is 0 Å². The predicted molar refractivity (Wildman–Crippen MR) is 86.3 cm³/mol. The van der Waals surface area contributed by atoms with Crippen LogP contribution in [0.2, 0.25) is 0 Å². The van der Waals surface area contributed by atoms with Crippen LogP contribution in [0, 0.1) is 29.1 Å². The Bertz CT molecular complexity index is 846. The Morgan fingerprint density at radius 3 is 2.00 bits per heavy atom. The van der Waals surface area contributed by atoms with Gasteiger partial charge in [0.1, 0.15) is 4.90 Å². The van der Waals surface area contributed by atoms with Gasteiger partial charge in [0, 0.05) is 18.2 Å². The highest BCUT2D eigenvalue weighted by atomic mass is 32.2. The van der Waals surface area contributed by atoms with Crippen molar-refractivity contribution in [3.8, 4) is 0 Å². The minimum Gasteiger partial charge on any atom is -0.288 e. The van der Waals surface area contributed by atoms with Gasteiger partial charge >= 0.3 is 0 Å². The molecule has 1 fully saturated rings. The molecule has 0 bridgehead atoms. The Balaban J connectivity index is 1.83. The molecular weight excluding hydrogens is 391 g/mol. The summed E-state index contributed by atoms with van der Waals surface area (Å²) in [5.41, 5.74) is 2.35. The van der Waals surface area contributed by atoms with Crippen LogP contribution in [-0.2, 0) is 6.54 Å². The molecule has 0 spiro atoms. The molecule has 0 radical (unpaired) electrons. The molecule has 1 amide bonds. The summed E-state index contributed by atoms with van der Waals surface area (Å²) in [5.74, 6) is -10.6. The second-order valence-corrected chi connectivity index (χ2v) is 6.99. The van der Waals surface area contributed by atoms with Crippen molar-refractivity contribution in [3.63, 3.8) is 0 Å². The number of carbonyl (C=O) groups is 1. The first-order valence-electron chi connectivity index (χ1n) is 7.83. The number of nitrogens with zero attached hydrogens (tertiary/aromatic N) is 1. The van der Waals surface area contributed by atoms with Gasteiger partial charge in [0.15, 0.2) is 23.3 Å². The Morgan fingerprint density at radius 1 is 1.00 bits per heavy atom. The van der Waals surface area contributed by atoms with Crippen molar-refractivity contribution in [2.24, 2.45) is 0 Å². The molecule has 2 aromatic carbocycles. The zero-order chi connectivity index (χ0) is 19.7. The molecule has 0 aromatic heterocycles. The summed E-state index contributed by atoms with van der Waals surface area (Å²) in [4.78, 5) is 10.4. The number of hydrogen-bond acceptors (Lipinski definition) is 4. The molecular formula is C17H13F5N2O2S. The smallest absolute Gasteiger partial charge is 0.274 e. The lowest BCUT2D eigenvalue weighted by Gasteiger charge is -2.21. The van der Waals surface area contributed by atoms with Crippen molar-refractivity contribution in [1.29, 1.82) is 0 Å². The van der Waals surface area contributed by atoms with Gasteiger partial charge in [-0.15, -0.1) is 0 Å². The van der Waals surface area contributed by atoms with Crippen LogP contribution in [-0.4, -0.2) is 21.5 Å². The topological polar surface area (TPSA) is 52.6 Å². The molecule has 4 nitrogen and oxygen atoms in total. The molecule has 0 atom stereocenters. The Labute approximate surface area is 155 Å². The lowest BCUT2D eigenvalue weighted by molar-refractivity contribution is 0.0706. The zero-order valence-electron chi connectivity index (χ0n) is 13.6. The van der Waals surface area contributed by atoms with Crippen molar-refractivity contribution in [1.82, 2.24) is 9.79 Å². The molecule has 1 aliphatic rings. The summed E-state index contributed by atoms with van der Waals surface area (Å²) >= 11 is 0.477. The normalized spacial score (nSPS) is 13.9. The van der Waals surface area contributed by atoms with Crippen LogP contribution in [0.3, 0.4) is 0 Å². The maximum absolute atomic E-state index is 13.9. The van der Waals surface area contributed by atoms with Gasteiger partial charge in [0.05, 0.1) is 0 Å². The Morgan fingerprint density at radius 2 is 1.52 bits per heavy atom. The van der Waals surface area contributed by atoms with Gasteiger partial charge in [-0.3, -0.25) is 10.0 Å². The molecule has 3 rings (SSSR count). The average molecular weight is 404 g/mol. The fraction of sp³-hybridized carbons (Fsp3) is 0.235. The predicted octanol–water partition coefficient (Wildman–Crippen LogP) is 4.17. The van der Waals surface area contributed by atoms with E-state index >= 15 is 0 Å². The number of hydrogen-bond donors (Lipinski definition) is 2. The van der Waals surface area contributed by atoms with E-state index in [1.807, 2.05) is 0 Å². The van der Waals surface area contributed by atoms with Gasteiger partial charge in [0.25, 0.3) is 5.91 Å². The zero-order valence-corrected chi connectivity index (χ0v) is 14.4. The van der Waals surface area contributed by atoms with Crippen LogP contribution < -0.4 is 5.48 Å². The lowest BCUT2D eigenvalue weighted by Crippen LogP contribution is -2.20. The van der Waals surface area contributed by atoms with E-state index in [0.29, 0.717) is 17.5 Å². The number of amides is 1. The van der Waals surface area contributed by atoms with E-state index in [2.05, 4.69) is 0 Å². The number of nitrogens with one attached hydrogen (secondary N) is 1. The van der Waals surface area contributed by atoms with Crippen molar-refractivity contribution >= 4 is 17.9 Å². The summed E-state index contributed by atoms with van der Waals surface area (Å²) in [7, 11) is 0. The van der Waals surface area contributed by atoms with Gasteiger partial charge in [-0.25, -0.2) is 31.7 Å². The molecule has 1 aliphatic carbocycles. The molecule has 27 heavy (non-hydrogen) atoms. The van der Waals surface area contributed by atoms with E-state index in [0.717, 1.165) is 12.8 Å². The minimum absolute atomic E-state index is 0.0645. The number of hydroxylamine groups is 1. The maximum atomic E-state index is 13.9. The fourth-order valence-electron chi connectivity index (χ4n) is 2.39. The van der Waals surface area contributed by atoms with Crippen LogP contribution >= 0.6 is 11.9 Å². The second-order valence-electron chi connectivity index (χ2n) is 5.93. The molecule has 2 N–H and O–H groups in total. The first-order valence-corrected chi connectivity index (χ1v) is 8.60. The SMILES string of the molecule is O=C(NO)c1ccc(CN(Sc2c(F)c(F)c(F)c(F)c2F)C2CC2)cc1. The Kier molecular flexibility index (Phi) is 5.68. The third-order valence-corrected chi connectivity index (χ3v) is 5.19. The van der Waals surface area contributed by atoms with Crippen molar-refractivity contribution in [2.45, 2.75) is 30.3 Å². The van der Waals surface area contributed by atoms with Crippen LogP contribution in [0.4, 0.5) is 22.0 Å². The van der Waals surface area contributed by atoms with E-state index in [4.69, 9.17) is 5.21 Å². The molecule has 0 aliphatic heterocycles. The van der Waals surface area contributed by atoms with Crippen molar-refractivity contribution in [3.05, 3.63) is 64.5 Å². The largest absolute Gasteiger partial charge is 0.288 e. The first-order chi connectivity index (χ1) is 12.8. The van der Waals surface area contributed by atoms with Crippen LogP contribution in [0.1, 0.15) is 28.8 Å². The van der Waals surface area contributed by atoms with E-state index in [-0.39, 0.29) is 18.2 Å². The maximum Gasteiger partial charge on any atom is 0.274 e. The molecule has 0 unspecified atom stereocenters. The molecule has 0 saturated heterocycles. The summed E-state index contributed by atoms with van der Waals surface area (Å²) in [5, 5.41) is 8.59. The lowest BCUT2D eigenvalue weighted by atomic mass is 10.1. The third kappa shape index (κ3) is 4.07. The highest BCUT2D eigenvalue weighted by molar-refractivity contribution is 7.97. The van der Waals surface area contributed by atoms with Gasteiger partial charge in [0.2, 0.25) is 5.82 Å². The summed E-state index contributed by atoms with van der Waals surface area (Å²) in [6, 6.07) is 5.95. The Hall–Kier alpha value is -2.17. The van der Waals surface area contributed by atoms with Crippen LogP contribution in [0.5, 0.6) is 0 Å². The summed E-state index contributed by atoms with van der Waals surface area (Å²) < 4.78 is 69.4. The fourth-order valence-corrected chi connectivity index (χ4v) is 3.53. The minimum atomic E-state index is -2.19. The third-order valence-electron chi connectivity index (χ3n) is 3.99. The molecule has 0 heterocycles. The highest BCUT2D eigenvalue weighted by Gasteiger charge is 2.34. The molecule has 144 valence electrons. The van der Waals surface area contributed by atoms with Gasteiger partial charge in [-0.1, -0.05) is 12.1 Å². The first kappa shape index (κ1) is 19.6. The molecule has 10 heteroatoms. The number of carbonyl (C=O) groups excluding carboxylic acids is 1. The van der Waals surface area contributed by atoms with Gasteiger partial charge in [-0.2, -0.15) is 0 Å². The van der Waals surface area contributed by atoms with Crippen molar-refractivity contribution in [2.75, 3.05) is 0 Å². The van der Waals surface area contributed by atoms with Crippen molar-refractivity contribution < 1.29 is 32.0 Å². The average Bonchev–Trinajstić information content (AvgIpc) is 3.52. The van der Waals surface area contributed by atoms with E-state index in [1.165, 1.54) is 17.6 Å². The number of rotatable bonds is 6. The van der Waals surface area contributed by atoms with Crippen LogP contribution in [0.15, 0.2) is 29.2 Å². The monoisotopic (exact) mass is 404 g/mol. The molecule has 1 saturated carbocycles. The van der Waals surface area contributed by atoms with E-state index in [1.54, 1.807) is 16.4 Å². The van der Waals surface area contributed by atoms with E-state index < -0.39 is 39.9 Å². The standard InChI is InChI=1S/C17H13F5N2O2S/c18-11-12(19)14(21)16(15(22)13(11)20)27-24(10-5-6-10)7-8-1-3-9(4-2-8)17(25)23-26/h1-4,10,26H,5-7H2,(H,23,25). The second kappa shape index (κ2) is 7.83. The summed E-state index contributed by atoms with van der Waals surface area (Å²) in [6.07, 6.45) is 1.46. The summed E-state index contributed by atoms with van der Waals surface area (Å²) in [6.45, 7) is 0.163. The molecule has 2 aromatic rings. The van der Waals surface area contributed by atoms with Gasteiger partial charge in [-0.05, 0) is 42.5 Å².